The Kier molecular flexibility index (Phi) is 7.47. The first kappa shape index (κ1) is 21.8. The number of carbonyl (C=O) groups is 2. The van der Waals surface area contributed by atoms with Crippen LogP contribution in [0.15, 0.2) is 36.5 Å². The molecule has 1 N–H and O–H groups in total. The van der Waals surface area contributed by atoms with Gasteiger partial charge in [-0.1, -0.05) is 6.07 Å². The van der Waals surface area contributed by atoms with Gasteiger partial charge in [-0.3, -0.25) is 18.7 Å². The monoisotopic (exact) mass is 432 g/mol. The number of ether oxygens (including phenoxy) is 2. The molecule has 2 aromatic rings. The molecule has 1 aliphatic rings. The van der Waals surface area contributed by atoms with Crippen LogP contribution in [0.1, 0.15) is 34.4 Å². The minimum Gasteiger partial charge on any atom is -0.493 e. The van der Waals surface area contributed by atoms with Crippen molar-refractivity contribution in [3.8, 4) is 5.75 Å². The molecule has 3 heterocycles. The highest BCUT2D eigenvalue weighted by atomic mass is 32.2. The van der Waals surface area contributed by atoms with Crippen molar-refractivity contribution < 1.29 is 23.3 Å². The largest absolute Gasteiger partial charge is 0.493 e. The molecule has 10 heteroatoms. The molecule has 2 atom stereocenters. The molecule has 0 aliphatic carbocycles. The normalized spacial score (nSPS) is 18.5. The summed E-state index contributed by atoms with van der Waals surface area (Å²) in [5.41, 5.74) is 0.558. The highest BCUT2D eigenvalue weighted by Crippen LogP contribution is 2.37. The predicted molar refractivity (Wildman–Crippen MR) is 112 cm³/mol. The molecule has 3 rings (SSSR count). The fourth-order valence-corrected chi connectivity index (χ4v) is 4.51. The van der Waals surface area contributed by atoms with E-state index in [0.29, 0.717) is 24.6 Å². The third kappa shape index (κ3) is 4.82. The maximum Gasteiger partial charge on any atom is 0.269 e. The van der Waals surface area contributed by atoms with Gasteiger partial charge in [0.25, 0.3) is 5.91 Å². The van der Waals surface area contributed by atoms with Gasteiger partial charge < -0.3 is 14.8 Å². The second-order valence-corrected chi connectivity index (χ2v) is 8.07. The van der Waals surface area contributed by atoms with E-state index >= 15 is 0 Å². The van der Waals surface area contributed by atoms with Gasteiger partial charge in [-0.2, -0.15) is 0 Å². The van der Waals surface area contributed by atoms with E-state index < -0.39 is 16.2 Å². The van der Waals surface area contributed by atoms with Crippen LogP contribution in [0, 0.1) is 0 Å². The minimum absolute atomic E-state index is 0.151. The number of anilines is 1. The van der Waals surface area contributed by atoms with Gasteiger partial charge >= 0.3 is 0 Å². The summed E-state index contributed by atoms with van der Waals surface area (Å²) >= 11 is 0. The molecule has 2 unspecified atom stereocenters. The molecule has 0 aromatic carbocycles. The van der Waals surface area contributed by atoms with E-state index in [1.807, 2.05) is 0 Å². The number of pyridine rings is 2. The van der Waals surface area contributed by atoms with Gasteiger partial charge in [-0.05, 0) is 37.1 Å². The molecule has 0 radical (unpaired) electrons. The standard InChI is InChI=1S/C20H24N4O5S/c1-28-12-4-3-10-22-19(26)14-7-5-8-15(23-14)20-24(17(25)13-30(20)27)18-16(29-2)9-6-11-21-18/h5-9,11,20H,3-4,10,12-13H2,1-2H3,(H,22,26). The first-order valence-corrected chi connectivity index (χ1v) is 10.9. The number of methoxy groups -OCH3 is 2. The second-order valence-electron chi connectivity index (χ2n) is 6.57. The number of aromatic nitrogens is 2. The lowest BCUT2D eigenvalue weighted by Gasteiger charge is -2.23. The summed E-state index contributed by atoms with van der Waals surface area (Å²) in [4.78, 5) is 35.0. The van der Waals surface area contributed by atoms with Crippen LogP contribution >= 0.6 is 0 Å². The van der Waals surface area contributed by atoms with Gasteiger partial charge in [0.15, 0.2) is 16.9 Å². The van der Waals surface area contributed by atoms with Gasteiger partial charge in [-0.25, -0.2) is 9.97 Å². The Morgan fingerprint density at radius 1 is 1.27 bits per heavy atom. The van der Waals surface area contributed by atoms with Crippen molar-refractivity contribution in [2.24, 2.45) is 0 Å². The molecule has 2 amide bonds. The van der Waals surface area contributed by atoms with Crippen LogP contribution in [0.2, 0.25) is 0 Å². The van der Waals surface area contributed by atoms with Gasteiger partial charge in [0, 0.05) is 26.5 Å². The van der Waals surface area contributed by atoms with E-state index in [0.717, 1.165) is 12.8 Å². The lowest BCUT2D eigenvalue weighted by molar-refractivity contribution is -0.115. The topological polar surface area (TPSA) is 111 Å². The average Bonchev–Trinajstić information content (AvgIpc) is 3.06. The highest BCUT2D eigenvalue weighted by molar-refractivity contribution is 7.86. The number of nitrogens with zero attached hydrogens (tertiary/aromatic N) is 3. The van der Waals surface area contributed by atoms with E-state index in [-0.39, 0.29) is 29.1 Å². The molecule has 30 heavy (non-hydrogen) atoms. The Morgan fingerprint density at radius 2 is 2.10 bits per heavy atom. The number of nitrogens with one attached hydrogen (secondary N) is 1. The third-order valence-corrected chi connectivity index (χ3v) is 6.02. The maximum atomic E-state index is 12.7. The molecule has 1 fully saturated rings. The van der Waals surface area contributed by atoms with Crippen LogP contribution in [-0.4, -0.2) is 59.1 Å². The zero-order chi connectivity index (χ0) is 21.5. The Hall–Kier alpha value is -2.85. The summed E-state index contributed by atoms with van der Waals surface area (Å²) in [5.74, 6) is -0.158. The van der Waals surface area contributed by atoms with Crippen molar-refractivity contribution in [3.63, 3.8) is 0 Å². The molecule has 1 aliphatic heterocycles. The Balaban J connectivity index is 1.83. The molecule has 9 nitrogen and oxygen atoms in total. The van der Waals surface area contributed by atoms with Gasteiger partial charge in [0.05, 0.1) is 23.6 Å². The van der Waals surface area contributed by atoms with Crippen molar-refractivity contribution in [2.75, 3.05) is 38.0 Å². The van der Waals surface area contributed by atoms with E-state index in [1.165, 1.54) is 18.2 Å². The van der Waals surface area contributed by atoms with Crippen LogP contribution in [0.4, 0.5) is 5.82 Å². The highest BCUT2D eigenvalue weighted by Gasteiger charge is 2.42. The summed E-state index contributed by atoms with van der Waals surface area (Å²) in [6, 6.07) is 8.26. The second kappa shape index (κ2) is 10.3. The number of hydrogen-bond acceptors (Lipinski definition) is 7. The van der Waals surface area contributed by atoms with Gasteiger partial charge in [0.1, 0.15) is 11.4 Å². The third-order valence-electron chi connectivity index (χ3n) is 4.53. The minimum atomic E-state index is -1.54. The predicted octanol–water partition coefficient (Wildman–Crippen LogP) is 1.44. The lowest BCUT2D eigenvalue weighted by atomic mass is 10.2. The zero-order valence-electron chi connectivity index (χ0n) is 16.9. The average molecular weight is 433 g/mol. The summed E-state index contributed by atoms with van der Waals surface area (Å²) in [6.45, 7) is 1.14. The summed E-state index contributed by atoms with van der Waals surface area (Å²) in [5, 5.41) is 1.96. The molecule has 1 saturated heterocycles. The number of unbranched alkanes of at least 4 members (excludes halogenated alkanes) is 1. The van der Waals surface area contributed by atoms with Crippen molar-refractivity contribution in [1.29, 1.82) is 0 Å². The summed E-state index contributed by atoms with van der Waals surface area (Å²) < 4.78 is 23.0. The van der Waals surface area contributed by atoms with E-state index in [1.54, 1.807) is 37.4 Å². The molecule has 0 spiro atoms. The molecule has 0 saturated carbocycles. The molecule has 2 aromatic heterocycles. The van der Waals surface area contributed by atoms with Crippen LogP contribution in [-0.2, 0) is 20.3 Å². The SMILES string of the molecule is COCCCCNC(=O)c1cccc(C2N(c3ncccc3OC)C(=O)CS2=O)n1. The Bertz CT molecular complexity index is 939. The first-order chi connectivity index (χ1) is 14.6. The van der Waals surface area contributed by atoms with Crippen LogP contribution in [0.25, 0.3) is 0 Å². The van der Waals surface area contributed by atoms with Crippen LogP contribution in [0.5, 0.6) is 5.75 Å². The smallest absolute Gasteiger partial charge is 0.269 e. The fraction of sp³-hybridized carbons (Fsp3) is 0.400. The molecular weight excluding hydrogens is 408 g/mol. The number of amides is 2. The number of hydrogen-bond donors (Lipinski definition) is 1. The number of carbonyl (C=O) groups excluding carboxylic acids is 2. The lowest BCUT2D eigenvalue weighted by Crippen LogP contribution is -2.31. The van der Waals surface area contributed by atoms with E-state index in [9.17, 15) is 13.8 Å². The van der Waals surface area contributed by atoms with Crippen molar-refractivity contribution in [1.82, 2.24) is 15.3 Å². The van der Waals surface area contributed by atoms with Gasteiger partial charge in [0.2, 0.25) is 5.91 Å². The molecule has 160 valence electrons. The Labute approximate surface area is 177 Å². The Morgan fingerprint density at radius 3 is 2.87 bits per heavy atom. The maximum absolute atomic E-state index is 12.7. The van der Waals surface area contributed by atoms with Crippen molar-refractivity contribution in [3.05, 3.63) is 47.9 Å². The van der Waals surface area contributed by atoms with E-state index in [4.69, 9.17) is 9.47 Å². The number of rotatable bonds is 9. The molecular formula is C20H24N4O5S. The zero-order valence-corrected chi connectivity index (χ0v) is 17.7. The summed E-state index contributed by atoms with van der Waals surface area (Å²) in [6.07, 6.45) is 3.16. The van der Waals surface area contributed by atoms with Crippen LogP contribution < -0.4 is 15.0 Å². The van der Waals surface area contributed by atoms with Crippen molar-refractivity contribution >= 4 is 28.4 Å². The quantitative estimate of drug-likeness (QED) is 0.597. The first-order valence-electron chi connectivity index (χ1n) is 9.49. The fourth-order valence-electron chi connectivity index (χ4n) is 3.12. The summed E-state index contributed by atoms with van der Waals surface area (Å²) in [7, 11) is 1.57. The van der Waals surface area contributed by atoms with Crippen molar-refractivity contribution in [2.45, 2.75) is 18.2 Å². The van der Waals surface area contributed by atoms with Gasteiger partial charge in [-0.15, -0.1) is 0 Å². The van der Waals surface area contributed by atoms with E-state index in [2.05, 4.69) is 15.3 Å². The van der Waals surface area contributed by atoms with Crippen LogP contribution in [0.3, 0.4) is 0 Å². The molecule has 0 bridgehead atoms.